The third kappa shape index (κ3) is 2.95. The number of carbonyl (C=O) groups is 2. The lowest BCUT2D eigenvalue weighted by Gasteiger charge is -2.24. The van der Waals surface area contributed by atoms with Crippen LogP contribution in [0.1, 0.15) is 33.1 Å². The topological polar surface area (TPSA) is 83.6 Å². The van der Waals surface area contributed by atoms with Gasteiger partial charge in [-0.2, -0.15) is 0 Å². The fourth-order valence-electron chi connectivity index (χ4n) is 2.33. The minimum atomic E-state index is -0.494. The lowest BCUT2D eigenvalue weighted by atomic mass is 10.0. The number of hydrogen-bond donors (Lipinski definition) is 2. The second-order valence-electron chi connectivity index (χ2n) is 4.53. The van der Waals surface area contributed by atoms with E-state index in [4.69, 9.17) is 5.73 Å². The quantitative estimate of drug-likeness (QED) is 0.687. The van der Waals surface area contributed by atoms with Crippen LogP contribution in [0.3, 0.4) is 0 Å². The number of hydrogen-bond acceptors (Lipinski definition) is 3. The van der Waals surface area contributed by atoms with Crippen molar-refractivity contribution in [2.45, 2.75) is 45.3 Å². The average molecular weight is 228 g/mol. The lowest BCUT2D eigenvalue weighted by Crippen LogP contribution is -2.45. The van der Waals surface area contributed by atoms with Gasteiger partial charge in [-0.1, -0.05) is 6.92 Å². The summed E-state index contributed by atoms with van der Waals surface area (Å²) in [4.78, 5) is 24.4. The molecule has 0 aromatic carbocycles. The lowest BCUT2D eigenvalue weighted by molar-refractivity contribution is -0.136. The maximum atomic E-state index is 11.7. The highest BCUT2D eigenvalue weighted by atomic mass is 16.3. The highest BCUT2D eigenvalue weighted by molar-refractivity contribution is 5.87. The number of nitrogens with two attached hydrogens (primary N) is 1. The van der Waals surface area contributed by atoms with Gasteiger partial charge < -0.3 is 15.7 Å². The number of aliphatic hydroxyl groups excluding tert-OH is 1. The molecule has 1 saturated heterocycles. The molecule has 2 amide bonds. The molecule has 1 heterocycles. The molecule has 0 bridgehead atoms. The van der Waals surface area contributed by atoms with E-state index < -0.39 is 18.1 Å². The zero-order valence-electron chi connectivity index (χ0n) is 9.85. The van der Waals surface area contributed by atoms with Gasteiger partial charge in [0.05, 0.1) is 6.10 Å². The Morgan fingerprint density at radius 2 is 2.31 bits per heavy atom. The van der Waals surface area contributed by atoms with Crippen molar-refractivity contribution in [2.24, 2.45) is 11.7 Å². The number of primary amides is 1. The molecule has 0 radical (unpaired) electrons. The molecule has 5 heteroatoms. The summed E-state index contributed by atoms with van der Waals surface area (Å²) in [6, 6.07) is -0.494. The highest BCUT2D eigenvalue weighted by Crippen LogP contribution is 2.24. The molecule has 5 nitrogen and oxygen atoms in total. The minimum absolute atomic E-state index is 0.0312. The van der Waals surface area contributed by atoms with Crippen LogP contribution < -0.4 is 5.73 Å². The molecule has 3 atom stereocenters. The molecule has 16 heavy (non-hydrogen) atoms. The summed E-state index contributed by atoms with van der Waals surface area (Å²) in [7, 11) is 0. The van der Waals surface area contributed by atoms with Crippen LogP contribution in [0.4, 0.5) is 0 Å². The van der Waals surface area contributed by atoms with Crippen LogP contribution in [-0.4, -0.2) is 40.5 Å². The van der Waals surface area contributed by atoms with Gasteiger partial charge in [0.2, 0.25) is 11.8 Å². The predicted molar refractivity (Wildman–Crippen MR) is 59.4 cm³/mol. The van der Waals surface area contributed by atoms with Crippen molar-refractivity contribution in [3.05, 3.63) is 0 Å². The Hall–Kier alpha value is -1.10. The van der Waals surface area contributed by atoms with E-state index in [1.165, 1.54) is 0 Å². The first-order chi connectivity index (χ1) is 7.45. The normalized spacial score (nSPS) is 24.6. The first kappa shape index (κ1) is 13.0. The summed E-state index contributed by atoms with van der Waals surface area (Å²) < 4.78 is 0. The SMILES string of the molecule is CCC(C(N)=O)N1CC(CC(C)O)CC1=O. The smallest absolute Gasteiger partial charge is 0.240 e. The van der Waals surface area contributed by atoms with Gasteiger partial charge in [0, 0.05) is 13.0 Å². The summed E-state index contributed by atoms with van der Waals surface area (Å²) in [5, 5.41) is 9.27. The van der Waals surface area contributed by atoms with Crippen LogP contribution in [-0.2, 0) is 9.59 Å². The van der Waals surface area contributed by atoms with Crippen molar-refractivity contribution < 1.29 is 14.7 Å². The minimum Gasteiger partial charge on any atom is -0.393 e. The molecule has 1 fully saturated rings. The van der Waals surface area contributed by atoms with Crippen molar-refractivity contribution in [1.82, 2.24) is 4.90 Å². The van der Waals surface area contributed by atoms with E-state index in [1.54, 1.807) is 11.8 Å². The number of rotatable bonds is 5. The maximum Gasteiger partial charge on any atom is 0.240 e. The molecule has 1 aliphatic rings. The summed E-state index contributed by atoms with van der Waals surface area (Å²) in [6.07, 6.45) is 1.14. The van der Waals surface area contributed by atoms with E-state index in [0.29, 0.717) is 25.8 Å². The van der Waals surface area contributed by atoms with Crippen LogP contribution in [0.25, 0.3) is 0 Å². The van der Waals surface area contributed by atoms with Gasteiger partial charge in [0.25, 0.3) is 0 Å². The van der Waals surface area contributed by atoms with Crippen molar-refractivity contribution in [1.29, 1.82) is 0 Å². The van der Waals surface area contributed by atoms with E-state index in [1.807, 2.05) is 6.92 Å². The van der Waals surface area contributed by atoms with Crippen LogP contribution in [0.5, 0.6) is 0 Å². The van der Waals surface area contributed by atoms with Gasteiger partial charge in [-0.3, -0.25) is 9.59 Å². The van der Waals surface area contributed by atoms with Gasteiger partial charge in [-0.05, 0) is 25.7 Å². The molecule has 0 aromatic rings. The predicted octanol–water partition coefficient (Wildman–Crippen LogP) is -0.130. The van der Waals surface area contributed by atoms with Gasteiger partial charge in [-0.15, -0.1) is 0 Å². The molecule has 0 saturated carbocycles. The molecule has 1 aliphatic heterocycles. The van der Waals surface area contributed by atoms with E-state index in [0.717, 1.165) is 0 Å². The number of nitrogens with zero attached hydrogens (tertiary/aromatic N) is 1. The van der Waals surface area contributed by atoms with Gasteiger partial charge in [0.1, 0.15) is 6.04 Å². The molecule has 92 valence electrons. The zero-order valence-corrected chi connectivity index (χ0v) is 9.85. The maximum absolute atomic E-state index is 11.7. The van der Waals surface area contributed by atoms with Crippen molar-refractivity contribution >= 4 is 11.8 Å². The molecule has 0 spiro atoms. The Kier molecular flexibility index (Phi) is 4.29. The second-order valence-corrected chi connectivity index (χ2v) is 4.53. The number of aliphatic hydroxyl groups is 1. The monoisotopic (exact) mass is 228 g/mol. The van der Waals surface area contributed by atoms with Crippen molar-refractivity contribution in [3.8, 4) is 0 Å². The third-order valence-electron chi connectivity index (χ3n) is 3.00. The van der Waals surface area contributed by atoms with E-state index >= 15 is 0 Å². The first-order valence-electron chi connectivity index (χ1n) is 5.72. The Labute approximate surface area is 95.6 Å². The molecule has 0 aliphatic carbocycles. The van der Waals surface area contributed by atoms with E-state index in [9.17, 15) is 14.7 Å². The highest BCUT2D eigenvalue weighted by Gasteiger charge is 2.36. The first-order valence-corrected chi connectivity index (χ1v) is 5.72. The van der Waals surface area contributed by atoms with Crippen LogP contribution in [0.2, 0.25) is 0 Å². The fraction of sp³-hybridized carbons (Fsp3) is 0.818. The van der Waals surface area contributed by atoms with Crippen LogP contribution in [0.15, 0.2) is 0 Å². The zero-order chi connectivity index (χ0) is 12.3. The number of carbonyl (C=O) groups excluding carboxylic acids is 2. The molecule has 0 aromatic heterocycles. The molecular weight excluding hydrogens is 208 g/mol. The van der Waals surface area contributed by atoms with Gasteiger partial charge in [0.15, 0.2) is 0 Å². The Morgan fingerprint density at radius 1 is 1.69 bits per heavy atom. The molecule has 3 N–H and O–H groups in total. The van der Waals surface area contributed by atoms with E-state index in [2.05, 4.69) is 0 Å². The summed E-state index contributed by atoms with van der Waals surface area (Å²) in [6.45, 7) is 4.08. The summed E-state index contributed by atoms with van der Waals surface area (Å²) in [5.41, 5.74) is 5.25. The van der Waals surface area contributed by atoms with Crippen LogP contribution in [0, 0.1) is 5.92 Å². The molecule has 3 unspecified atom stereocenters. The largest absolute Gasteiger partial charge is 0.393 e. The number of likely N-dealkylation sites (tertiary alicyclic amines) is 1. The fourth-order valence-corrected chi connectivity index (χ4v) is 2.33. The third-order valence-corrected chi connectivity index (χ3v) is 3.00. The Morgan fingerprint density at radius 3 is 2.75 bits per heavy atom. The van der Waals surface area contributed by atoms with Gasteiger partial charge >= 0.3 is 0 Å². The molecular formula is C11H20N2O3. The van der Waals surface area contributed by atoms with Crippen molar-refractivity contribution in [3.63, 3.8) is 0 Å². The van der Waals surface area contributed by atoms with Gasteiger partial charge in [-0.25, -0.2) is 0 Å². The Bertz CT molecular complexity index is 278. The van der Waals surface area contributed by atoms with E-state index in [-0.39, 0.29) is 11.8 Å². The Balaban J connectivity index is 2.63. The van der Waals surface area contributed by atoms with Crippen LogP contribution >= 0.6 is 0 Å². The summed E-state index contributed by atoms with van der Waals surface area (Å²) in [5.74, 6) is -0.342. The number of amides is 2. The molecule has 1 rings (SSSR count). The summed E-state index contributed by atoms with van der Waals surface area (Å²) >= 11 is 0. The second kappa shape index (κ2) is 5.30. The average Bonchev–Trinajstić information content (AvgIpc) is 2.46. The van der Waals surface area contributed by atoms with Crippen molar-refractivity contribution in [2.75, 3.05) is 6.54 Å². The standard InChI is InChI=1S/C11H20N2O3/c1-3-9(11(12)16)13-6-8(4-7(2)14)5-10(13)15/h7-9,14H,3-6H2,1-2H3,(H2,12,16).